The number of hydrazine groups is 1. The van der Waals surface area contributed by atoms with Crippen molar-refractivity contribution in [2.75, 3.05) is 12.0 Å². The Morgan fingerprint density at radius 2 is 2.16 bits per heavy atom. The second kappa shape index (κ2) is 5.90. The second-order valence-electron chi connectivity index (χ2n) is 4.22. The molecule has 102 valence electrons. The molecule has 0 aliphatic carbocycles. The van der Waals surface area contributed by atoms with Gasteiger partial charge in [-0.2, -0.15) is 0 Å². The summed E-state index contributed by atoms with van der Waals surface area (Å²) in [4.78, 5) is 23.4. The van der Waals surface area contributed by atoms with Gasteiger partial charge in [-0.3, -0.25) is 20.4 Å². The van der Waals surface area contributed by atoms with Gasteiger partial charge in [0.15, 0.2) is 0 Å². The topological polar surface area (TPSA) is 90.5 Å². The van der Waals surface area contributed by atoms with Crippen LogP contribution >= 0.6 is 11.6 Å². The van der Waals surface area contributed by atoms with Gasteiger partial charge in [-0.1, -0.05) is 23.7 Å². The SMILES string of the molecule is O=C1NCCC(O)C1C(=O)NNc1ccccc1Cl. The minimum Gasteiger partial charge on any atom is -0.392 e. The first-order valence-electron chi connectivity index (χ1n) is 5.86. The Kier molecular flexibility index (Phi) is 4.24. The summed E-state index contributed by atoms with van der Waals surface area (Å²) in [7, 11) is 0. The number of para-hydroxylation sites is 1. The number of amides is 2. The molecule has 0 radical (unpaired) electrons. The maximum absolute atomic E-state index is 11.9. The van der Waals surface area contributed by atoms with Crippen LogP contribution < -0.4 is 16.2 Å². The maximum atomic E-state index is 11.9. The van der Waals surface area contributed by atoms with E-state index in [-0.39, 0.29) is 0 Å². The monoisotopic (exact) mass is 283 g/mol. The van der Waals surface area contributed by atoms with Crippen molar-refractivity contribution in [1.82, 2.24) is 10.7 Å². The number of carbonyl (C=O) groups is 2. The predicted molar refractivity (Wildman–Crippen MR) is 70.3 cm³/mol. The van der Waals surface area contributed by atoms with Gasteiger partial charge in [0.25, 0.3) is 5.91 Å². The predicted octanol–water partition coefficient (Wildman–Crippen LogP) is 0.280. The average molecular weight is 284 g/mol. The van der Waals surface area contributed by atoms with Gasteiger partial charge in [-0.25, -0.2) is 0 Å². The van der Waals surface area contributed by atoms with Gasteiger partial charge in [0.2, 0.25) is 5.91 Å². The van der Waals surface area contributed by atoms with Crippen LogP contribution in [0.2, 0.25) is 5.02 Å². The van der Waals surface area contributed by atoms with Crippen LogP contribution in [0, 0.1) is 5.92 Å². The van der Waals surface area contributed by atoms with Crippen LogP contribution in [0.4, 0.5) is 5.69 Å². The summed E-state index contributed by atoms with van der Waals surface area (Å²) in [6.45, 7) is 0.377. The summed E-state index contributed by atoms with van der Waals surface area (Å²) in [6.07, 6.45) is -0.613. The average Bonchev–Trinajstić information content (AvgIpc) is 2.37. The van der Waals surface area contributed by atoms with E-state index in [2.05, 4.69) is 16.2 Å². The zero-order valence-electron chi connectivity index (χ0n) is 10.0. The molecule has 1 aliphatic heterocycles. The number of halogens is 1. The minimum absolute atomic E-state index is 0.357. The molecule has 6 nitrogen and oxygen atoms in total. The van der Waals surface area contributed by atoms with Gasteiger partial charge in [0, 0.05) is 6.54 Å². The number of rotatable bonds is 3. The van der Waals surface area contributed by atoms with Crippen molar-refractivity contribution >= 4 is 29.1 Å². The van der Waals surface area contributed by atoms with Gasteiger partial charge in [0.05, 0.1) is 16.8 Å². The highest BCUT2D eigenvalue weighted by Crippen LogP contribution is 2.19. The Hall–Kier alpha value is -1.79. The minimum atomic E-state index is -1.11. The largest absolute Gasteiger partial charge is 0.392 e. The van der Waals surface area contributed by atoms with E-state index < -0.39 is 23.8 Å². The highest BCUT2D eigenvalue weighted by atomic mass is 35.5. The van der Waals surface area contributed by atoms with Crippen molar-refractivity contribution in [2.24, 2.45) is 5.92 Å². The van der Waals surface area contributed by atoms with Crippen LogP contribution in [0.25, 0.3) is 0 Å². The van der Waals surface area contributed by atoms with Crippen molar-refractivity contribution in [1.29, 1.82) is 0 Å². The lowest BCUT2D eigenvalue weighted by molar-refractivity contribution is -0.142. The van der Waals surface area contributed by atoms with Gasteiger partial charge in [0.1, 0.15) is 5.92 Å². The Morgan fingerprint density at radius 1 is 1.42 bits per heavy atom. The zero-order chi connectivity index (χ0) is 13.8. The molecule has 1 fully saturated rings. The Balaban J connectivity index is 1.97. The molecule has 1 aromatic carbocycles. The Morgan fingerprint density at radius 3 is 2.84 bits per heavy atom. The van der Waals surface area contributed by atoms with E-state index in [1.807, 2.05) is 0 Å². The van der Waals surface area contributed by atoms with Crippen molar-refractivity contribution in [3.8, 4) is 0 Å². The van der Waals surface area contributed by atoms with E-state index in [1.54, 1.807) is 24.3 Å². The Bertz CT molecular complexity index is 495. The van der Waals surface area contributed by atoms with Crippen LogP contribution in [0.15, 0.2) is 24.3 Å². The molecule has 1 aromatic rings. The molecular formula is C12H14ClN3O3. The summed E-state index contributed by atoms with van der Waals surface area (Å²) in [6, 6.07) is 6.86. The maximum Gasteiger partial charge on any atom is 0.253 e. The van der Waals surface area contributed by atoms with E-state index in [4.69, 9.17) is 11.6 Å². The molecule has 2 atom stereocenters. The zero-order valence-corrected chi connectivity index (χ0v) is 10.8. The first kappa shape index (κ1) is 13.6. The molecule has 1 heterocycles. The van der Waals surface area contributed by atoms with Crippen molar-refractivity contribution in [2.45, 2.75) is 12.5 Å². The van der Waals surface area contributed by atoms with E-state index in [9.17, 15) is 14.7 Å². The van der Waals surface area contributed by atoms with Crippen LogP contribution in [0.5, 0.6) is 0 Å². The van der Waals surface area contributed by atoms with Gasteiger partial charge in [-0.05, 0) is 18.6 Å². The number of carbonyl (C=O) groups excluding carboxylic acids is 2. The van der Waals surface area contributed by atoms with E-state index in [1.165, 1.54) is 0 Å². The third-order valence-corrected chi connectivity index (χ3v) is 3.21. The molecular weight excluding hydrogens is 270 g/mol. The number of anilines is 1. The fourth-order valence-corrected chi connectivity index (χ4v) is 2.04. The number of hydrogen-bond acceptors (Lipinski definition) is 4. The fourth-order valence-electron chi connectivity index (χ4n) is 1.86. The molecule has 1 aliphatic rings. The lowest BCUT2D eigenvalue weighted by atomic mass is 9.95. The summed E-state index contributed by atoms with van der Waals surface area (Å²) in [5.74, 6) is -2.18. The summed E-state index contributed by atoms with van der Waals surface area (Å²) >= 11 is 5.91. The number of aliphatic hydroxyl groups is 1. The highest BCUT2D eigenvalue weighted by molar-refractivity contribution is 6.33. The number of nitrogens with one attached hydrogen (secondary N) is 3. The molecule has 19 heavy (non-hydrogen) atoms. The molecule has 2 rings (SSSR count). The van der Waals surface area contributed by atoms with Crippen molar-refractivity contribution in [3.63, 3.8) is 0 Å². The molecule has 0 bridgehead atoms. The summed E-state index contributed by atoms with van der Waals surface area (Å²) in [5.41, 5.74) is 5.52. The number of aliphatic hydroxyl groups excluding tert-OH is 1. The van der Waals surface area contributed by atoms with Crippen LogP contribution in [0.1, 0.15) is 6.42 Å². The standard InChI is InChI=1S/C12H14ClN3O3/c13-7-3-1-2-4-8(7)15-16-12(19)10-9(17)5-6-14-11(10)18/h1-4,9-10,15,17H,5-6H2,(H,14,18)(H,16,19). The summed E-state index contributed by atoms with van der Waals surface area (Å²) < 4.78 is 0. The fraction of sp³-hybridized carbons (Fsp3) is 0.333. The molecule has 1 saturated heterocycles. The second-order valence-corrected chi connectivity index (χ2v) is 4.63. The van der Waals surface area contributed by atoms with Crippen LogP contribution in [0.3, 0.4) is 0 Å². The first-order chi connectivity index (χ1) is 9.09. The highest BCUT2D eigenvalue weighted by Gasteiger charge is 2.36. The molecule has 2 amide bonds. The lowest BCUT2D eigenvalue weighted by Crippen LogP contribution is -2.52. The first-order valence-corrected chi connectivity index (χ1v) is 6.23. The Labute approximate surface area is 115 Å². The number of piperidine rings is 1. The molecule has 0 aromatic heterocycles. The smallest absolute Gasteiger partial charge is 0.253 e. The molecule has 2 unspecified atom stereocenters. The van der Waals surface area contributed by atoms with Crippen LogP contribution in [-0.2, 0) is 9.59 Å². The van der Waals surface area contributed by atoms with E-state index >= 15 is 0 Å². The van der Waals surface area contributed by atoms with E-state index in [0.29, 0.717) is 23.7 Å². The van der Waals surface area contributed by atoms with Crippen molar-refractivity contribution in [3.05, 3.63) is 29.3 Å². The number of benzene rings is 1. The van der Waals surface area contributed by atoms with Crippen molar-refractivity contribution < 1.29 is 14.7 Å². The van der Waals surface area contributed by atoms with Gasteiger partial charge in [-0.15, -0.1) is 0 Å². The molecule has 0 spiro atoms. The normalized spacial score (nSPS) is 22.5. The molecule has 7 heteroatoms. The third kappa shape index (κ3) is 3.15. The molecule has 0 saturated carbocycles. The summed E-state index contributed by atoms with van der Waals surface area (Å²) in [5, 5.41) is 12.7. The quantitative estimate of drug-likeness (QED) is 0.474. The number of hydrogen-bond donors (Lipinski definition) is 4. The molecule has 4 N–H and O–H groups in total. The van der Waals surface area contributed by atoms with Crippen LogP contribution in [-0.4, -0.2) is 29.6 Å². The van der Waals surface area contributed by atoms with Gasteiger partial charge >= 0.3 is 0 Å². The third-order valence-electron chi connectivity index (χ3n) is 2.88. The van der Waals surface area contributed by atoms with Gasteiger partial charge < -0.3 is 10.4 Å². The lowest BCUT2D eigenvalue weighted by Gasteiger charge is -2.26. The van der Waals surface area contributed by atoms with E-state index in [0.717, 1.165) is 0 Å².